The van der Waals surface area contributed by atoms with Crippen LogP contribution in [0, 0.1) is 5.41 Å². The second kappa shape index (κ2) is 39.1. The summed E-state index contributed by atoms with van der Waals surface area (Å²) >= 11 is 1.85. The third-order valence-electron chi connectivity index (χ3n) is 16.0. The normalized spacial score (nSPS) is 22.7. The molecule has 520 valence electrons. The number of hydrogen-bond donors (Lipinski definition) is 17. The molecular weight excluding hydrogens is 1250 g/mol. The summed E-state index contributed by atoms with van der Waals surface area (Å²) in [5, 5.41) is 47.5. The first kappa shape index (κ1) is 73.5. The van der Waals surface area contributed by atoms with Gasteiger partial charge in [-0.1, -0.05) is 29.8 Å². The van der Waals surface area contributed by atoms with E-state index in [1.807, 2.05) is 36.0 Å². The van der Waals surface area contributed by atoms with E-state index in [0.29, 0.717) is 61.7 Å². The van der Waals surface area contributed by atoms with Crippen molar-refractivity contribution >= 4 is 87.8 Å². The van der Waals surface area contributed by atoms with E-state index in [1.54, 1.807) is 12.4 Å². The van der Waals surface area contributed by atoms with Gasteiger partial charge in [0.15, 0.2) is 5.96 Å². The SMILES string of the molecule is N=C(N)NCCC[C@H]1NC(=O)[C@@H](NC(=O)COCCOCCOCCNC(=O)CCCCC2SC[C@H]3NC(=O)N[C@@H]23)Cc2cn(nn2)CCCC[C@@H](C(N)=O)NC(=O)[C@@H](CCCCN)NC(=O)[C@@H](Cc2c[nH]c3ccccc23)NC(=O)CNC(=O)[C@@H](Cc2c[nH]cn2)NC1=O. The number of ether oxygens (including phenoxy) is 3. The van der Waals surface area contributed by atoms with Gasteiger partial charge in [0.05, 0.1) is 69.4 Å². The molecule has 0 spiro atoms. The Morgan fingerprint density at radius 2 is 1.43 bits per heavy atom. The predicted octanol–water partition coefficient (Wildman–Crippen LogP) is -3.51. The van der Waals surface area contributed by atoms with Crippen molar-refractivity contribution in [1.29, 1.82) is 5.41 Å². The molecule has 35 heteroatoms. The van der Waals surface area contributed by atoms with Gasteiger partial charge in [0.25, 0.3) is 0 Å². The number of aryl methyl sites for hydroxylation is 1. The van der Waals surface area contributed by atoms with Gasteiger partial charge in [-0.3, -0.25) is 53.2 Å². The number of benzene rings is 1. The van der Waals surface area contributed by atoms with Crippen molar-refractivity contribution in [2.24, 2.45) is 17.2 Å². The minimum absolute atomic E-state index is 0.0133. The minimum atomic E-state index is -1.42. The zero-order valence-electron chi connectivity index (χ0n) is 53.1. The van der Waals surface area contributed by atoms with Crippen molar-refractivity contribution in [3.63, 3.8) is 0 Å². The van der Waals surface area contributed by atoms with Gasteiger partial charge < -0.3 is 99.9 Å². The number of guanidine groups is 1. The third kappa shape index (κ3) is 25.1. The maximum Gasteiger partial charge on any atom is 0.315 e. The number of H-pyrrole nitrogens is 2. The van der Waals surface area contributed by atoms with Crippen molar-refractivity contribution in [2.75, 3.05) is 71.6 Å². The van der Waals surface area contributed by atoms with Crippen LogP contribution in [0.15, 0.2) is 49.2 Å². The lowest BCUT2D eigenvalue weighted by Gasteiger charge is -2.26. The number of nitrogens with two attached hydrogens (primary N) is 3. The number of para-hydroxylation sites is 1. The van der Waals surface area contributed by atoms with Gasteiger partial charge in [0.1, 0.15) is 42.9 Å². The Balaban J connectivity index is 0.993. The van der Waals surface area contributed by atoms with Crippen molar-refractivity contribution in [2.45, 2.75) is 156 Å². The number of nitrogens with zero attached hydrogens (tertiary/aromatic N) is 4. The maximum absolute atomic E-state index is 14.5. The Bertz CT molecular complexity index is 3190. The van der Waals surface area contributed by atoms with E-state index in [2.05, 4.69) is 83.7 Å². The van der Waals surface area contributed by atoms with E-state index >= 15 is 0 Å². The summed E-state index contributed by atoms with van der Waals surface area (Å²) in [5.74, 6) is -5.84. The van der Waals surface area contributed by atoms with Gasteiger partial charge in [-0.05, 0) is 82.4 Å². The highest BCUT2D eigenvalue weighted by molar-refractivity contribution is 8.00. The molecule has 34 nitrogen and oxygen atoms in total. The fourth-order valence-corrected chi connectivity index (χ4v) is 12.6. The molecule has 2 fully saturated rings. The number of carbonyl (C=O) groups is 10. The molecular formula is C60H91N21O13S. The van der Waals surface area contributed by atoms with Gasteiger partial charge in [-0.25, -0.2) is 9.78 Å². The van der Waals surface area contributed by atoms with E-state index < -0.39 is 96.7 Å². The lowest BCUT2D eigenvalue weighted by molar-refractivity contribution is -0.135. The molecule has 6 heterocycles. The van der Waals surface area contributed by atoms with Crippen molar-refractivity contribution < 1.29 is 62.2 Å². The standard InChI is InChI=1S/C60H91N21O13S/c61-17-7-5-13-42-55(87)73-41(53(62)85)12-6-8-20-81-32-38(79-80-81)28-46(72-51(84)33-94-25-24-93-23-22-92-21-19-66-49(82)16-4-3-15-48-52-47(34-95-48)77-60(91)78-52)58(90)75-43(14-9-18-67-59(63)64)56(88)76-45(27-37-30-65-35-70-37)54(86)69-31-50(83)71-44(57(89)74-42)26-36-29-68-40-11-2-1-10-39(36)40/h1-2,10-11,29-30,32,35,41-48,52,68H,3-9,12-28,31,33-34,61H2,(H2,62,85)(H,65,70)(H,66,82)(H,69,86)(H,71,83)(H,72,84)(H,73,87)(H,74,89)(H,75,90)(H,76,88)(H4,63,64,67)(H2,77,78,91)/t41-,42+,43+,44+,45+,46-,47+,48?,52+/m0/s1. The molecule has 11 amide bonds. The Morgan fingerprint density at radius 3 is 2.20 bits per heavy atom. The van der Waals surface area contributed by atoms with Gasteiger partial charge in [-0.2, -0.15) is 11.8 Å². The van der Waals surface area contributed by atoms with Crippen LogP contribution in [0.1, 0.15) is 94.0 Å². The smallest absolute Gasteiger partial charge is 0.315 e. The van der Waals surface area contributed by atoms with Crippen LogP contribution in [0.2, 0.25) is 0 Å². The molecule has 2 bridgehead atoms. The summed E-state index contributed by atoms with van der Waals surface area (Å²) in [6.07, 6.45) is 10.5. The number of nitrogens with one attached hydrogen (secondary N) is 14. The Labute approximate surface area is 553 Å². The molecule has 3 aromatic heterocycles. The fraction of sp³-hybridized carbons (Fsp3) is 0.600. The summed E-state index contributed by atoms with van der Waals surface area (Å²) in [4.78, 5) is 146. The van der Waals surface area contributed by atoms with Gasteiger partial charge >= 0.3 is 6.03 Å². The molecule has 20 N–H and O–H groups in total. The lowest BCUT2D eigenvalue weighted by Crippen LogP contribution is -2.59. The van der Waals surface area contributed by atoms with Crippen LogP contribution in [0.5, 0.6) is 0 Å². The molecule has 95 heavy (non-hydrogen) atoms. The lowest BCUT2D eigenvalue weighted by atomic mass is 10.0. The molecule has 3 aliphatic heterocycles. The molecule has 2 saturated heterocycles. The predicted molar refractivity (Wildman–Crippen MR) is 347 cm³/mol. The van der Waals surface area contributed by atoms with Crippen LogP contribution in [-0.2, 0) is 83.2 Å². The summed E-state index contributed by atoms with van der Waals surface area (Å²) in [5.41, 5.74) is 19.2. The number of hydrogen-bond acceptors (Lipinski definition) is 19. The number of primary amides is 1. The summed E-state index contributed by atoms with van der Waals surface area (Å²) in [6.45, 7) is 0.566. The molecule has 0 aliphatic carbocycles. The molecule has 9 atom stereocenters. The molecule has 3 aliphatic rings. The number of aromatic amines is 2. The molecule has 0 saturated carbocycles. The molecule has 7 rings (SSSR count). The van der Waals surface area contributed by atoms with Crippen LogP contribution in [-0.4, -0.2) is 220 Å². The Hall–Kier alpha value is -8.93. The van der Waals surface area contributed by atoms with Gasteiger partial charge in [0.2, 0.25) is 53.2 Å². The summed E-state index contributed by atoms with van der Waals surface area (Å²) < 4.78 is 18.3. The summed E-state index contributed by atoms with van der Waals surface area (Å²) in [6, 6.07) is -0.367. The Morgan fingerprint density at radius 1 is 0.716 bits per heavy atom. The van der Waals surface area contributed by atoms with E-state index in [1.165, 1.54) is 17.2 Å². The zero-order chi connectivity index (χ0) is 67.9. The number of urea groups is 1. The van der Waals surface area contributed by atoms with Gasteiger partial charge in [-0.15, -0.1) is 5.10 Å². The quantitative estimate of drug-likeness (QED) is 0.0104. The average molecular weight is 1350 g/mol. The number of imidazole rings is 1. The molecule has 1 unspecified atom stereocenters. The van der Waals surface area contributed by atoms with Crippen LogP contribution >= 0.6 is 11.8 Å². The van der Waals surface area contributed by atoms with Crippen molar-refractivity contribution in [3.05, 3.63) is 66.1 Å². The number of fused-ring (bicyclic) bond motifs is 4. The van der Waals surface area contributed by atoms with E-state index in [4.69, 9.17) is 36.8 Å². The Kier molecular flexibility index (Phi) is 30.2. The monoisotopic (exact) mass is 1350 g/mol. The first-order valence-electron chi connectivity index (χ1n) is 32.2. The van der Waals surface area contributed by atoms with Crippen LogP contribution in [0.25, 0.3) is 10.9 Å². The zero-order valence-corrected chi connectivity index (χ0v) is 54.0. The average Bonchev–Trinajstić information content (AvgIpc) is 1.71. The minimum Gasteiger partial charge on any atom is -0.377 e. The first-order chi connectivity index (χ1) is 45.9. The van der Waals surface area contributed by atoms with Crippen LogP contribution in [0.4, 0.5) is 4.79 Å². The highest BCUT2D eigenvalue weighted by Gasteiger charge is 2.43. The highest BCUT2D eigenvalue weighted by Crippen LogP contribution is 2.33. The number of thioether (sulfide) groups is 1. The molecule has 1 aromatic carbocycles. The largest absolute Gasteiger partial charge is 0.377 e. The highest BCUT2D eigenvalue weighted by atomic mass is 32.2. The van der Waals surface area contributed by atoms with E-state index in [-0.39, 0.29) is 127 Å². The number of amides is 11. The molecule has 0 radical (unpaired) electrons. The van der Waals surface area contributed by atoms with Crippen LogP contribution in [0.3, 0.4) is 0 Å². The second-order valence-corrected chi connectivity index (χ2v) is 24.6. The summed E-state index contributed by atoms with van der Waals surface area (Å²) in [7, 11) is 0. The number of aromatic nitrogens is 6. The van der Waals surface area contributed by atoms with E-state index in [9.17, 15) is 47.9 Å². The van der Waals surface area contributed by atoms with Gasteiger partial charge in [0, 0.05) is 85.8 Å². The van der Waals surface area contributed by atoms with Crippen LogP contribution < -0.4 is 75.7 Å². The van der Waals surface area contributed by atoms with Crippen molar-refractivity contribution in [3.8, 4) is 0 Å². The molecule has 4 aromatic rings. The maximum atomic E-state index is 14.5. The number of rotatable bonds is 30. The fourth-order valence-electron chi connectivity index (χ4n) is 11.1. The third-order valence-corrected chi connectivity index (χ3v) is 17.5. The first-order valence-corrected chi connectivity index (χ1v) is 33.2. The number of unbranched alkanes of at least 4 members (excludes halogenated alkanes) is 2. The second-order valence-electron chi connectivity index (χ2n) is 23.4. The van der Waals surface area contributed by atoms with Crippen molar-refractivity contribution in [1.82, 2.24) is 88.4 Å². The van der Waals surface area contributed by atoms with E-state index in [0.717, 1.165) is 35.9 Å². The number of carbonyl (C=O) groups excluding carboxylic acids is 10. The topological polar surface area (TPSA) is 508 Å².